The SMILES string of the molecule is COC(=O)c1ccccc1/N=C/c1ccccc1. The molecule has 0 atom stereocenters. The van der Waals surface area contributed by atoms with Gasteiger partial charge in [0.2, 0.25) is 0 Å². The number of esters is 1. The molecule has 0 unspecified atom stereocenters. The molecule has 2 aromatic rings. The molecule has 0 aliphatic carbocycles. The van der Waals surface area contributed by atoms with Crippen LogP contribution in [0.4, 0.5) is 5.69 Å². The van der Waals surface area contributed by atoms with Gasteiger partial charge in [0.1, 0.15) is 0 Å². The molecule has 2 rings (SSSR count). The van der Waals surface area contributed by atoms with Crippen LogP contribution in [0.2, 0.25) is 0 Å². The Kier molecular flexibility index (Phi) is 3.86. The third-order valence-corrected chi connectivity index (χ3v) is 2.46. The van der Waals surface area contributed by atoms with Gasteiger partial charge in [-0.1, -0.05) is 42.5 Å². The van der Waals surface area contributed by atoms with E-state index in [0.717, 1.165) is 5.56 Å². The Hall–Kier alpha value is -2.42. The van der Waals surface area contributed by atoms with Gasteiger partial charge in [0.05, 0.1) is 18.4 Å². The summed E-state index contributed by atoms with van der Waals surface area (Å²) in [5, 5.41) is 0. The largest absolute Gasteiger partial charge is 0.465 e. The molecule has 0 aliphatic heterocycles. The summed E-state index contributed by atoms with van der Waals surface area (Å²) in [4.78, 5) is 15.9. The van der Waals surface area contributed by atoms with Gasteiger partial charge in [0.25, 0.3) is 0 Å². The first-order chi connectivity index (χ1) is 8.81. The van der Waals surface area contributed by atoms with Gasteiger partial charge >= 0.3 is 5.97 Å². The van der Waals surface area contributed by atoms with Gasteiger partial charge in [0.15, 0.2) is 0 Å². The van der Waals surface area contributed by atoms with Gasteiger partial charge in [-0.3, -0.25) is 4.99 Å². The highest BCUT2D eigenvalue weighted by molar-refractivity contribution is 5.96. The molecule has 2 aromatic carbocycles. The average Bonchev–Trinajstić information content (AvgIpc) is 2.45. The zero-order valence-corrected chi connectivity index (χ0v) is 10.0. The van der Waals surface area contributed by atoms with Gasteiger partial charge in [0, 0.05) is 6.21 Å². The third kappa shape index (κ3) is 2.83. The zero-order valence-electron chi connectivity index (χ0n) is 10.0. The highest BCUT2D eigenvalue weighted by Crippen LogP contribution is 2.19. The van der Waals surface area contributed by atoms with E-state index in [1.54, 1.807) is 24.4 Å². The number of hydrogen-bond acceptors (Lipinski definition) is 3. The normalized spacial score (nSPS) is 10.5. The number of carbonyl (C=O) groups is 1. The van der Waals surface area contributed by atoms with Crippen molar-refractivity contribution in [3.8, 4) is 0 Å². The van der Waals surface area contributed by atoms with Crippen molar-refractivity contribution in [2.45, 2.75) is 0 Å². The lowest BCUT2D eigenvalue weighted by atomic mass is 10.2. The van der Waals surface area contributed by atoms with Gasteiger partial charge in [-0.05, 0) is 17.7 Å². The topological polar surface area (TPSA) is 38.7 Å². The van der Waals surface area contributed by atoms with Crippen molar-refractivity contribution in [2.75, 3.05) is 7.11 Å². The zero-order chi connectivity index (χ0) is 12.8. The lowest BCUT2D eigenvalue weighted by Crippen LogP contribution is -2.01. The molecule has 0 radical (unpaired) electrons. The molecule has 0 spiro atoms. The van der Waals surface area contributed by atoms with E-state index < -0.39 is 0 Å². The Bertz CT molecular complexity index is 562. The van der Waals surface area contributed by atoms with Gasteiger partial charge in [-0.2, -0.15) is 0 Å². The maximum absolute atomic E-state index is 11.5. The molecule has 0 N–H and O–H groups in total. The summed E-state index contributed by atoms with van der Waals surface area (Å²) in [5.41, 5.74) is 2.05. The molecule has 0 bridgehead atoms. The van der Waals surface area contributed by atoms with Crippen LogP contribution in [0.15, 0.2) is 59.6 Å². The van der Waals surface area contributed by atoms with Gasteiger partial charge in [-0.15, -0.1) is 0 Å². The second-order valence-corrected chi connectivity index (χ2v) is 3.68. The second kappa shape index (κ2) is 5.77. The van der Waals surface area contributed by atoms with Crippen molar-refractivity contribution in [3.05, 3.63) is 65.7 Å². The van der Waals surface area contributed by atoms with Crippen molar-refractivity contribution in [2.24, 2.45) is 4.99 Å². The van der Waals surface area contributed by atoms with Crippen LogP contribution in [-0.2, 0) is 4.74 Å². The number of nitrogens with zero attached hydrogens (tertiary/aromatic N) is 1. The van der Waals surface area contributed by atoms with E-state index in [4.69, 9.17) is 4.74 Å². The van der Waals surface area contributed by atoms with Gasteiger partial charge in [-0.25, -0.2) is 4.79 Å². The molecule has 3 heteroatoms. The molecule has 0 aliphatic rings. The number of carbonyl (C=O) groups excluding carboxylic acids is 1. The van der Waals surface area contributed by atoms with Crippen LogP contribution in [0.3, 0.4) is 0 Å². The highest BCUT2D eigenvalue weighted by atomic mass is 16.5. The van der Waals surface area contributed by atoms with Gasteiger partial charge < -0.3 is 4.74 Å². The van der Waals surface area contributed by atoms with Crippen molar-refractivity contribution in [1.29, 1.82) is 0 Å². The number of hydrogen-bond donors (Lipinski definition) is 0. The first-order valence-corrected chi connectivity index (χ1v) is 5.58. The summed E-state index contributed by atoms with van der Waals surface area (Å²) in [5.74, 6) is -0.379. The molecular weight excluding hydrogens is 226 g/mol. The maximum atomic E-state index is 11.5. The molecule has 0 amide bonds. The number of ether oxygens (including phenoxy) is 1. The van der Waals surface area contributed by atoms with Crippen LogP contribution in [0.1, 0.15) is 15.9 Å². The molecule has 18 heavy (non-hydrogen) atoms. The average molecular weight is 239 g/mol. The monoisotopic (exact) mass is 239 g/mol. The van der Waals surface area contributed by atoms with Crippen LogP contribution in [0.5, 0.6) is 0 Å². The molecule has 0 heterocycles. The van der Waals surface area contributed by atoms with E-state index in [9.17, 15) is 4.79 Å². The molecule has 0 saturated heterocycles. The summed E-state index contributed by atoms with van der Waals surface area (Å²) in [7, 11) is 1.36. The van der Waals surface area contributed by atoms with Crippen LogP contribution in [0.25, 0.3) is 0 Å². The van der Waals surface area contributed by atoms with Crippen molar-refractivity contribution in [1.82, 2.24) is 0 Å². The van der Waals surface area contributed by atoms with E-state index in [0.29, 0.717) is 11.3 Å². The second-order valence-electron chi connectivity index (χ2n) is 3.68. The lowest BCUT2D eigenvalue weighted by Gasteiger charge is -2.02. The number of rotatable bonds is 3. The Morgan fingerprint density at radius 2 is 1.72 bits per heavy atom. The summed E-state index contributed by atoms with van der Waals surface area (Å²) in [6.45, 7) is 0. The van der Waals surface area contributed by atoms with Crippen molar-refractivity contribution >= 4 is 17.9 Å². The molecule has 0 saturated carbocycles. The fraction of sp³-hybridized carbons (Fsp3) is 0.0667. The minimum absolute atomic E-state index is 0.379. The Morgan fingerprint density at radius 1 is 1.06 bits per heavy atom. The van der Waals surface area contributed by atoms with Crippen molar-refractivity contribution in [3.63, 3.8) is 0 Å². The molecule has 3 nitrogen and oxygen atoms in total. The summed E-state index contributed by atoms with van der Waals surface area (Å²) in [6, 6.07) is 16.8. The highest BCUT2D eigenvalue weighted by Gasteiger charge is 2.09. The fourth-order valence-electron chi connectivity index (χ4n) is 1.55. The Morgan fingerprint density at radius 3 is 2.44 bits per heavy atom. The van der Waals surface area contributed by atoms with Crippen LogP contribution < -0.4 is 0 Å². The number of methoxy groups -OCH3 is 1. The van der Waals surface area contributed by atoms with E-state index in [1.807, 2.05) is 36.4 Å². The first-order valence-electron chi connectivity index (χ1n) is 5.58. The molecule has 90 valence electrons. The van der Waals surface area contributed by atoms with E-state index >= 15 is 0 Å². The maximum Gasteiger partial charge on any atom is 0.340 e. The fourth-order valence-corrected chi connectivity index (χ4v) is 1.55. The van der Waals surface area contributed by atoms with Crippen LogP contribution in [0, 0.1) is 0 Å². The number of para-hydroxylation sites is 1. The third-order valence-electron chi connectivity index (χ3n) is 2.46. The van der Waals surface area contributed by atoms with E-state index in [1.165, 1.54) is 7.11 Å². The minimum Gasteiger partial charge on any atom is -0.465 e. The molecular formula is C15H13NO2. The molecule has 0 fully saturated rings. The number of aliphatic imine (C=N–C) groups is 1. The van der Waals surface area contributed by atoms with Crippen LogP contribution >= 0.6 is 0 Å². The van der Waals surface area contributed by atoms with E-state index in [-0.39, 0.29) is 5.97 Å². The predicted octanol–water partition coefficient (Wildman–Crippen LogP) is 3.22. The Labute approximate surface area is 106 Å². The van der Waals surface area contributed by atoms with Crippen molar-refractivity contribution < 1.29 is 9.53 Å². The van der Waals surface area contributed by atoms with E-state index in [2.05, 4.69) is 4.99 Å². The Balaban J connectivity index is 2.29. The lowest BCUT2D eigenvalue weighted by molar-refractivity contribution is 0.0602. The quantitative estimate of drug-likeness (QED) is 0.609. The summed E-state index contributed by atoms with van der Waals surface area (Å²) >= 11 is 0. The smallest absolute Gasteiger partial charge is 0.340 e. The predicted molar refractivity (Wildman–Crippen MR) is 71.5 cm³/mol. The standard InChI is InChI=1S/C15H13NO2/c1-18-15(17)13-9-5-6-10-14(13)16-11-12-7-3-2-4-8-12/h2-11H,1H3/b16-11+. The van der Waals surface area contributed by atoms with Crippen LogP contribution in [-0.4, -0.2) is 19.3 Å². The first kappa shape index (κ1) is 12.0. The number of benzene rings is 2. The summed E-state index contributed by atoms with van der Waals surface area (Å²) < 4.78 is 4.72. The summed E-state index contributed by atoms with van der Waals surface area (Å²) in [6.07, 6.45) is 1.72. The molecule has 0 aromatic heterocycles. The minimum atomic E-state index is -0.379.